The number of carboxylic acids is 1. The molecule has 4 N–H and O–H groups in total. The number of benzene rings is 2. The average molecular weight is 615 g/mol. The molecular formula is C33H39ClO9. The molecule has 10 heteroatoms. The Hall–Kier alpha value is -3.08. The average Bonchev–Trinajstić information content (AvgIpc) is 2.97. The molecule has 0 aliphatic heterocycles. The van der Waals surface area contributed by atoms with Crippen molar-refractivity contribution >= 4 is 29.4 Å². The number of aliphatic carboxylic acids is 1. The van der Waals surface area contributed by atoms with Crippen molar-refractivity contribution in [3.8, 4) is 11.5 Å². The lowest BCUT2D eigenvalue weighted by Crippen LogP contribution is -2.40. The molecule has 4 saturated carbocycles. The first-order valence-electron chi connectivity index (χ1n) is 14.7. The van der Waals surface area contributed by atoms with Gasteiger partial charge in [0.05, 0.1) is 18.7 Å². The molecule has 3 atom stereocenters. The zero-order chi connectivity index (χ0) is 30.7. The molecule has 232 valence electrons. The minimum Gasteiger partial charge on any atom is -0.496 e. The van der Waals surface area contributed by atoms with Crippen LogP contribution in [0, 0.1) is 23.7 Å². The lowest BCUT2D eigenvalue weighted by atomic mass is 9.54. The maximum absolute atomic E-state index is 11.3. The minimum absolute atomic E-state index is 0.129. The van der Waals surface area contributed by atoms with Crippen molar-refractivity contribution in [1.82, 2.24) is 0 Å². The zero-order valence-corrected chi connectivity index (χ0v) is 25.1. The van der Waals surface area contributed by atoms with Crippen LogP contribution >= 0.6 is 11.6 Å². The quantitative estimate of drug-likeness (QED) is 0.136. The van der Waals surface area contributed by atoms with Crippen molar-refractivity contribution in [3.63, 3.8) is 0 Å². The van der Waals surface area contributed by atoms with Crippen molar-refractivity contribution < 1.29 is 44.2 Å². The fourth-order valence-electron chi connectivity index (χ4n) is 7.02. The number of hydrogen-bond donors (Lipinski definition) is 4. The molecule has 0 radical (unpaired) electrons. The molecule has 9 nitrogen and oxygen atoms in total. The number of methoxy groups -OCH3 is 1. The first-order valence-corrected chi connectivity index (χ1v) is 15.1. The van der Waals surface area contributed by atoms with Crippen molar-refractivity contribution in [1.29, 1.82) is 0 Å². The summed E-state index contributed by atoms with van der Waals surface area (Å²) in [6.07, 6.45) is 4.90. The summed E-state index contributed by atoms with van der Waals surface area (Å²) in [6.45, 7) is 0.935. The van der Waals surface area contributed by atoms with Crippen molar-refractivity contribution in [2.45, 2.75) is 64.3 Å². The molecule has 0 aromatic heterocycles. The Morgan fingerprint density at radius 1 is 1.02 bits per heavy atom. The topological polar surface area (TPSA) is 135 Å². The predicted molar refractivity (Wildman–Crippen MR) is 160 cm³/mol. The van der Waals surface area contributed by atoms with Crippen LogP contribution in [0.15, 0.2) is 48.0 Å². The number of rotatable bonds is 13. The van der Waals surface area contributed by atoms with Gasteiger partial charge in [-0.15, -0.1) is 0 Å². The number of hydrogen-bond acceptors (Lipinski definition) is 8. The SMILES string of the molecule is COC(=C1C2CC3CC(C2)CC1C3)c1ccc(/C=C/C(=O)O)c(OCc2ccc(O[C@H](OC(O)CO)C(C)O)cc2)c1Cl. The summed E-state index contributed by atoms with van der Waals surface area (Å²) in [5.41, 5.74) is 3.41. The highest BCUT2D eigenvalue weighted by molar-refractivity contribution is 6.34. The molecule has 4 aliphatic rings. The molecule has 43 heavy (non-hydrogen) atoms. The van der Waals surface area contributed by atoms with E-state index in [1.165, 1.54) is 50.7 Å². The van der Waals surface area contributed by atoms with Gasteiger partial charge in [-0.25, -0.2) is 4.79 Å². The molecule has 4 fully saturated rings. The van der Waals surface area contributed by atoms with Gasteiger partial charge >= 0.3 is 5.97 Å². The van der Waals surface area contributed by atoms with E-state index in [1.807, 2.05) is 6.07 Å². The highest BCUT2D eigenvalue weighted by atomic mass is 35.5. The standard InChI is InChI=1S/C33H39ClO9/c1-18(36)33(43-28(39)16-35)42-25-7-3-19(4-8-25)17-41-31-22(6-10-27(37)38)5-9-26(30(31)34)32(40-2)29-23-12-20-11-21(14-23)15-24(29)13-20/h3-10,18,20-21,23-24,28,33,35-36,39H,11-17H2,1-2H3,(H,37,38)/b10-6+,32-29?/t18?,20?,21?,23?,24?,28?,33-/m1/s1. The molecule has 0 saturated heterocycles. The Morgan fingerprint density at radius 2 is 1.67 bits per heavy atom. The summed E-state index contributed by atoms with van der Waals surface area (Å²) in [6, 6.07) is 10.5. The van der Waals surface area contributed by atoms with Crippen LogP contribution in [-0.2, 0) is 20.9 Å². The molecule has 6 rings (SSSR count). The van der Waals surface area contributed by atoms with E-state index in [-0.39, 0.29) is 6.61 Å². The fraction of sp³-hybridized carbons (Fsp3) is 0.485. The summed E-state index contributed by atoms with van der Waals surface area (Å²) in [5.74, 6) is 3.07. The number of carbonyl (C=O) groups is 1. The fourth-order valence-corrected chi connectivity index (χ4v) is 7.34. The van der Waals surface area contributed by atoms with Crippen LogP contribution in [0.3, 0.4) is 0 Å². The Balaban J connectivity index is 1.39. The van der Waals surface area contributed by atoms with E-state index in [1.54, 1.807) is 37.4 Å². The van der Waals surface area contributed by atoms with Gasteiger partial charge < -0.3 is 39.4 Å². The second-order valence-corrected chi connectivity index (χ2v) is 12.1. The van der Waals surface area contributed by atoms with Gasteiger partial charge in [-0.1, -0.05) is 29.8 Å². The van der Waals surface area contributed by atoms with E-state index in [0.717, 1.165) is 34.8 Å². The van der Waals surface area contributed by atoms with Crippen LogP contribution in [-0.4, -0.2) is 58.8 Å². The van der Waals surface area contributed by atoms with E-state index < -0.39 is 31.3 Å². The van der Waals surface area contributed by atoms with E-state index in [2.05, 4.69) is 0 Å². The smallest absolute Gasteiger partial charge is 0.328 e. The third-order valence-electron chi connectivity index (χ3n) is 8.66. The lowest BCUT2D eigenvalue weighted by Gasteiger charge is -2.51. The number of allylic oxidation sites excluding steroid dienone is 1. The largest absolute Gasteiger partial charge is 0.496 e. The molecule has 0 heterocycles. The van der Waals surface area contributed by atoms with Crippen molar-refractivity contribution in [3.05, 3.63) is 69.8 Å². The maximum Gasteiger partial charge on any atom is 0.328 e. The van der Waals surface area contributed by atoms with Crippen molar-refractivity contribution in [2.75, 3.05) is 13.7 Å². The molecule has 0 amide bonds. The summed E-state index contributed by atoms with van der Waals surface area (Å²) < 4.78 is 23.0. The van der Waals surface area contributed by atoms with Crippen LogP contribution in [0.2, 0.25) is 5.02 Å². The minimum atomic E-state index is -1.49. The second kappa shape index (κ2) is 13.7. The van der Waals surface area contributed by atoms with Gasteiger partial charge in [0.2, 0.25) is 6.29 Å². The zero-order valence-electron chi connectivity index (χ0n) is 24.3. The van der Waals surface area contributed by atoms with Crippen LogP contribution in [0.5, 0.6) is 11.5 Å². The Labute approximate surface area is 256 Å². The highest BCUT2D eigenvalue weighted by Crippen LogP contribution is 2.58. The van der Waals surface area contributed by atoms with Gasteiger partial charge in [0.25, 0.3) is 0 Å². The summed E-state index contributed by atoms with van der Waals surface area (Å²) >= 11 is 7.03. The molecule has 4 aliphatic carbocycles. The molecular weight excluding hydrogens is 576 g/mol. The monoisotopic (exact) mass is 614 g/mol. The summed E-state index contributed by atoms with van der Waals surface area (Å²) in [7, 11) is 1.68. The van der Waals surface area contributed by atoms with Crippen LogP contribution in [0.1, 0.15) is 55.7 Å². The van der Waals surface area contributed by atoms with E-state index in [4.69, 9.17) is 35.7 Å². The van der Waals surface area contributed by atoms with E-state index in [0.29, 0.717) is 33.9 Å². The van der Waals surface area contributed by atoms with Crippen molar-refractivity contribution in [2.24, 2.45) is 23.7 Å². The molecule has 2 aromatic rings. The highest BCUT2D eigenvalue weighted by Gasteiger charge is 2.47. The molecule has 0 spiro atoms. The number of aliphatic hydroxyl groups is 3. The summed E-state index contributed by atoms with van der Waals surface area (Å²) in [5, 5.41) is 38.1. The molecule has 2 unspecified atom stereocenters. The van der Waals surface area contributed by atoms with Gasteiger partial charge in [0.15, 0.2) is 6.29 Å². The van der Waals surface area contributed by atoms with Gasteiger partial charge in [-0.2, -0.15) is 0 Å². The first-order chi connectivity index (χ1) is 20.7. The Morgan fingerprint density at radius 3 is 2.23 bits per heavy atom. The third-order valence-corrected chi connectivity index (χ3v) is 9.04. The van der Waals surface area contributed by atoms with Gasteiger partial charge in [-0.3, -0.25) is 0 Å². The lowest BCUT2D eigenvalue weighted by molar-refractivity contribution is -0.235. The normalized spacial score (nSPS) is 24.6. The summed E-state index contributed by atoms with van der Waals surface area (Å²) in [4.78, 5) is 11.3. The number of carboxylic acid groups (broad SMARTS) is 1. The molecule has 2 aromatic carbocycles. The van der Waals surface area contributed by atoms with E-state index >= 15 is 0 Å². The van der Waals surface area contributed by atoms with Gasteiger partial charge in [0, 0.05) is 17.2 Å². The van der Waals surface area contributed by atoms with Crippen LogP contribution in [0.4, 0.5) is 0 Å². The predicted octanol–water partition coefficient (Wildman–Crippen LogP) is 5.24. The third kappa shape index (κ3) is 7.19. The second-order valence-electron chi connectivity index (χ2n) is 11.7. The number of halogens is 1. The van der Waals surface area contributed by atoms with E-state index in [9.17, 15) is 20.1 Å². The van der Waals surface area contributed by atoms with Crippen LogP contribution in [0.25, 0.3) is 11.8 Å². The van der Waals surface area contributed by atoms with Crippen LogP contribution < -0.4 is 9.47 Å². The Bertz CT molecular complexity index is 1320. The number of ether oxygens (including phenoxy) is 4. The molecule has 4 bridgehead atoms. The maximum atomic E-state index is 11.3. The number of aliphatic hydroxyl groups excluding tert-OH is 3. The Kier molecular flexibility index (Phi) is 9.99. The van der Waals surface area contributed by atoms with Gasteiger partial charge in [-0.05, 0) is 98.1 Å². The first kappa shape index (κ1) is 31.3. The van der Waals surface area contributed by atoms with Gasteiger partial charge in [0.1, 0.15) is 30.0 Å².